The highest BCUT2D eigenvalue weighted by molar-refractivity contribution is 7.21. The van der Waals surface area contributed by atoms with Crippen LogP contribution in [0, 0.1) is 0 Å². The zero-order chi connectivity index (χ0) is 23.2. The largest absolute Gasteiger partial charge is 0.466 e. The van der Waals surface area contributed by atoms with Crippen molar-refractivity contribution in [3.8, 4) is 10.6 Å². The molecule has 0 unspecified atom stereocenters. The third-order valence-electron chi connectivity index (χ3n) is 4.43. The minimum atomic E-state index is -0.623. The van der Waals surface area contributed by atoms with E-state index < -0.39 is 18.5 Å². The molecule has 10 heteroatoms. The standard InChI is InChI=1S/C23H19N3O5S2/c1-2-30-20(28)11-14-13-32-23(24-14)26-19(27)12-31-22(29)16-8-4-3-7-15(16)21-25-17-9-5-6-10-18(17)33-21/h3-10,13H,2,11-12H2,1H3,(H,24,26,27). The third kappa shape index (κ3) is 5.60. The van der Waals surface area contributed by atoms with E-state index in [1.54, 1.807) is 30.5 Å². The van der Waals surface area contributed by atoms with E-state index in [9.17, 15) is 14.4 Å². The molecule has 0 saturated carbocycles. The minimum Gasteiger partial charge on any atom is -0.466 e. The van der Waals surface area contributed by atoms with Crippen LogP contribution >= 0.6 is 22.7 Å². The van der Waals surface area contributed by atoms with Crippen molar-refractivity contribution in [3.05, 3.63) is 65.2 Å². The molecule has 2 heterocycles. The zero-order valence-electron chi connectivity index (χ0n) is 17.6. The lowest BCUT2D eigenvalue weighted by atomic mass is 10.1. The number of carbonyl (C=O) groups is 3. The number of ether oxygens (including phenoxy) is 2. The first-order chi connectivity index (χ1) is 16.0. The van der Waals surface area contributed by atoms with Gasteiger partial charge in [0, 0.05) is 10.9 Å². The van der Waals surface area contributed by atoms with Gasteiger partial charge >= 0.3 is 11.9 Å². The molecule has 4 aromatic rings. The Labute approximate surface area is 197 Å². The molecule has 1 N–H and O–H groups in total. The first-order valence-corrected chi connectivity index (χ1v) is 11.7. The number of hydrogen-bond donors (Lipinski definition) is 1. The molecule has 0 radical (unpaired) electrons. The number of para-hydroxylation sites is 1. The summed E-state index contributed by atoms with van der Waals surface area (Å²) < 4.78 is 11.1. The van der Waals surface area contributed by atoms with E-state index in [1.165, 1.54) is 22.7 Å². The molecule has 0 aliphatic rings. The van der Waals surface area contributed by atoms with Crippen LogP contribution in [0.5, 0.6) is 0 Å². The second-order valence-electron chi connectivity index (χ2n) is 6.78. The third-order valence-corrected chi connectivity index (χ3v) is 6.31. The van der Waals surface area contributed by atoms with Crippen LogP contribution in [0.3, 0.4) is 0 Å². The molecular formula is C23H19N3O5S2. The molecule has 168 valence electrons. The number of rotatable bonds is 8. The number of thiazole rings is 2. The second kappa shape index (κ2) is 10.3. The van der Waals surface area contributed by atoms with Gasteiger partial charge in [0.05, 0.1) is 34.5 Å². The van der Waals surface area contributed by atoms with Gasteiger partial charge in [-0.25, -0.2) is 14.8 Å². The highest BCUT2D eigenvalue weighted by Crippen LogP contribution is 2.32. The Morgan fingerprint density at radius 2 is 1.79 bits per heavy atom. The van der Waals surface area contributed by atoms with Crippen LogP contribution in [0.25, 0.3) is 20.8 Å². The molecule has 0 spiro atoms. The number of anilines is 1. The molecule has 0 atom stereocenters. The maximum absolute atomic E-state index is 12.7. The van der Waals surface area contributed by atoms with E-state index in [0.717, 1.165) is 10.2 Å². The Balaban J connectivity index is 1.38. The summed E-state index contributed by atoms with van der Waals surface area (Å²) in [6.45, 7) is 1.54. The van der Waals surface area contributed by atoms with E-state index in [-0.39, 0.29) is 12.4 Å². The van der Waals surface area contributed by atoms with Gasteiger partial charge < -0.3 is 9.47 Å². The van der Waals surface area contributed by atoms with Crippen molar-refractivity contribution in [2.75, 3.05) is 18.5 Å². The van der Waals surface area contributed by atoms with Crippen LogP contribution < -0.4 is 5.32 Å². The van der Waals surface area contributed by atoms with Crippen molar-refractivity contribution >= 4 is 55.9 Å². The summed E-state index contributed by atoms with van der Waals surface area (Å²) in [5.41, 5.74) is 2.32. The summed E-state index contributed by atoms with van der Waals surface area (Å²) in [5, 5.41) is 5.24. The first-order valence-electron chi connectivity index (χ1n) is 10.1. The van der Waals surface area contributed by atoms with Crippen LogP contribution in [0.2, 0.25) is 0 Å². The summed E-state index contributed by atoms with van der Waals surface area (Å²) in [4.78, 5) is 45.2. The Morgan fingerprint density at radius 1 is 1.00 bits per heavy atom. The van der Waals surface area contributed by atoms with Crippen LogP contribution in [0.1, 0.15) is 23.0 Å². The predicted molar refractivity (Wildman–Crippen MR) is 126 cm³/mol. The summed E-state index contributed by atoms with van der Waals surface area (Å²) in [7, 11) is 0. The number of esters is 2. The number of fused-ring (bicyclic) bond motifs is 1. The van der Waals surface area contributed by atoms with Gasteiger partial charge in [-0.1, -0.05) is 30.3 Å². The van der Waals surface area contributed by atoms with Crippen molar-refractivity contribution in [1.82, 2.24) is 9.97 Å². The molecule has 2 aromatic heterocycles. The topological polar surface area (TPSA) is 107 Å². The summed E-state index contributed by atoms with van der Waals surface area (Å²) in [6.07, 6.45) is 0.0255. The van der Waals surface area contributed by atoms with Gasteiger partial charge in [0.15, 0.2) is 11.7 Å². The average molecular weight is 482 g/mol. The zero-order valence-corrected chi connectivity index (χ0v) is 19.2. The van der Waals surface area contributed by atoms with Gasteiger partial charge in [0.25, 0.3) is 5.91 Å². The van der Waals surface area contributed by atoms with Crippen LogP contribution in [-0.4, -0.2) is 41.0 Å². The quantitative estimate of drug-likeness (QED) is 0.373. The molecule has 0 saturated heterocycles. The minimum absolute atomic E-state index is 0.0255. The highest BCUT2D eigenvalue weighted by atomic mass is 32.1. The van der Waals surface area contributed by atoms with Crippen molar-refractivity contribution in [3.63, 3.8) is 0 Å². The van der Waals surface area contributed by atoms with Crippen LogP contribution in [0.15, 0.2) is 53.9 Å². The fraction of sp³-hybridized carbons (Fsp3) is 0.174. The molecule has 33 heavy (non-hydrogen) atoms. The van der Waals surface area contributed by atoms with Gasteiger partial charge in [-0.05, 0) is 25.1 Å². The SMILES string of the molecule is CCOC(=O)Cc1csc(NC(=O)COC(=O)c2ccccc2-c2nc3ccccc3s2)n1. The van der Waals surface area contributed by atoms with Crippen LogP contribution in [0.4, 0.5) is 5.13 Å². The van der Waals surface area contributed by atoms with Gasteiger partial charge in [0.2, 0.25) is 0 Å². The number of amides is 1. The maximum atomic E-state index is 12.7. The Kier molecular flexibility index (Phi) is 7.06. The lowest BCUT2D eigenvalue weighted by molar-refractivity contribution is -0.142. The van der Waals surface area contributed by atoms with Crippen molar-refractivity contribution < 1.29 is 23.9 Å². The average Bonchev–Trinajstić information content (AvgIpc) is 3.44. The van der Waals surface area contributed by atoms with Crippen molar-refractivity contribution in [2.24, 2.45) is 0 Å². The van der Waals surface area contributed by atoms with Crippen molar-refractivity contribution in [1.29, 1.82) is 0 Å². The Hall–Kier alpha value is -3.63. The number of carbonyl (C=O) groups excluding carboxylic acids is 3. The molecular weight excluding hydrogens is 462 g/mol. The monoisotopic (exact) mass is 481 g/mol. The molecule has 2 aromatic carbocycles. The van der Waals surface area contributed by atoms with Gasteiger partial charge in [-0.15, -0.1) is 22.7 Å². The highest BCUT2D eigenvalue weighted by Gasteiger charge is 2.18. The molecule has 0 aliphatic carbocycles. The smallest absolute Gasteiger partial charge is 0.339 e. The molecule has 1 amide bonds. The molecule has 0 aliphatic heterocycles. The number of hydrogen-bond acceptors (Lipinski definition) is 9. The lowest BCUT2D eigenvalue weighted by Gasteiger charge is -2.08. The molecule has 8 nitrogen and oxygen atoms in total. The summed E-state index contributed by atoms with van der Waals surface area (Å²) in [6, 6.07) is 14.7. The van der Waals surface area contributed by atoms with E-state index in [0.29, 0.717) is 33.6 Å². The van der Waals surface area contributed by atoms with E-state index in [4.69, 9.17) is 9.47 Å². The second-order valence-corrected chi connectivity index (χ2v) is 8.67. The number of benzene rings is 2. The lowest BCUT2D eigenvalue weighted by Crippen LogP contribution is -2.21. The van der Waals surface area contributed by atoms with Gasteiger partial charge in [-0.2, -0.15) is 0 Å². The molecule has 4 rings (SSSR count). The maximum Gasteiger partial charge on any atom is 0.339 e. The van der Waals surface area contributed by atoms with E-state index in [2.05, 4.69) is 15.3 Å². The summed E-state index contributed by atoms with van der Waals surface area (Å²) in [5.74, 6) is -1.54. The fourth-order valence-corrected chi connectivity index (χ4v) is 4.74. The van der Waals surface area contributed by atoms with E-state index in [1.807, 2.05) is 30.3 Å². The van der Waals surface area contributed by atoms with Crippen LogP contribution in [-0.2, 0) is 25.5 Å². The Morgan fingerprint density at radius 3 is 2.61 bits per heavy atom. The molecule has 0 bridgehead atoms. The normalized spacial score (nSPS) is 10.7. The van der Waals surface area contributed by atoms with E-state index >= 15 is 0 Å². The first kappa shape index (κ1) is 22.6. The number of nitrogens with zero attached hydrogens (tertiary/aromatic N) is 2. The summed E-state index contributed by atoms with van der Waals surface area (Å²) >= 11 is 2.65. The van der Waals surface area contributed by atoms with Crippen molar-refractivity contribution in [2.45, 2.75) is 13.3 Å². The Bertz CT molecular complexity index is 1280. The predicted octanol–water partition coefficient (Wildman–Crippen LogP) is 4.32. The number of nitrogens with one attached hydrogen (secondary N) is 1. The number of aromatic nitrogens is 2. The van der Waals surface area contributed by atoms with Gasteiger partial charge in [-0.3, -0.25) is 14.9 Å². The van der Waals surface area contributed by atoms with Gasteiger partial charge in [0.1, 0.15) is 5.01 Å². The molecule has 0 fully saturated rings. The fourth-order valence-electron chi connectivity index (χ4n) is 3.00.